The lowest BCUT2D eigenvalue weighted by atomic mass is 9.63. The average molecular weight is 366 g/mol. The topological polar surface area (TPSA) is 9.23 Å². The summed E-state index contributed by atoms with van der Waals surface area (Å²) >= 11 is 0. The molecule has 0 heterocycles. The number of benzene rings is 1. The lowest BCUT2D eigenvalue weighted by molar-refractivity contribution is -0.274. The van der Waals surface area contributed by atoms with Gasteiger partial charge in [-0.1, -0.05) is 30.7 Å². The molecule has 0 spiro atoms. The molecule has 2 aliphatic rings. The molecule has 2 fully saturated rings. The first-order valence-electron chi connectivity index (χ1n) is 9.91. The molecule has 1 unspecified atom stereocenters. The highest BCUT2D eigenvalue weighted by molar-refractivity contribution is 5.30. The van der Waals surface area contributed by atoms with Crippen LogP contribution < -0.4 is 4.74 Å². The van der Waals surface area contributed by atoms with Crippen LogP contribution in [0, 0.1) is 17.8 Å². The number of fused-ring (bicyclic) bond motifs is 1. The Labute approximate surface area is 154 Å². The van der Waals surface area contributed by atoms with Gasteiger partial charge in [-0.15, -0.1) is 13.2 Å². The van der Waals surface area contributed by atoms with E-state index in [2.05, 4.69) is 23.8 Å². The molecule has 4 atom stereocenters. The first kappa shape index (κ1) is 19.3. The summed E-state index contributed by atoms with van der Waals surface area (Å²) in [5.41, 5.74) is 1.16. The molecule has 3 rings (SSSR count). The SMILES string of the molecule is CC=CCC[C@@H]1CC[C@@H]2CC(c3ccc(OC(F)(F)F)cc3)CC[C@@H]2C1. The molecular formula is C22H29F3O. The molecule has 0 N–H and O–H groups in total. The predicted octanol–water partition coefficient (Wildman–Crippen LogP) is 7.24. The van der Waals surface area contributed by atoms with Gasteiger partial charge in [-0.2, -0.15) is 0 Å². The number of ether oxygens (including phenoxy) is 1. The molecule has 1 aromatic rings. The third kappa shape index (κ3) is 5.28. The number of hydrogen-bond donors (Lipinski definition) is 0. The Morgan fingerprint density at radius 2 is 1.69 bits per heavy atom. The van der Waals surface area contributed by atoms with Crippen LogP contribution in [0.4, 0.5) is 13.2 Å². The standard InChI is InChI=1S/C22H29F3O/c1-2-3-4-5-16-6-7-20-15-19(9-8-18(20)14-16)17-10-12-21(13-11-17)26-22(23,24)25/h2-3,10-13,16,18-20H,4-9,14-15H2,1H3/t16-,18-,19?,20-/m1/s1. The van der Waals surface area contributed by atoms with Gasteiger partial charge >= 0.3 is 6.36 Å². The lowest BCUT2D eigenvalue weighted by Gasteiger charge is -2.42. The van der Waals surface area contributed by atoms with Crippen molar-refractivity contribution < 1.29 is 17.9 Å². The fourth-order valence-corrected chi connectivity index (χ4v) is 4.99. The minimum Gasteiger partial charge on any atom is -0.406 e. The van der Waals surface area contributed by atoms with Gasteiger partial charge in [-0.3, -0.25) is 0 Å². The summed E-state index contributed by atoms with van der Waals surface area (Å²) in [6, 6.07) is 6.53. The van der Waals surface area contributed by atoms with Crippen LogP contribution in [0.2, 0.25) is 0 Å². The molecule has 0 amide bonds. The van der Waals surface area contributed by atoms with E-state index in [-0.39, 0.29) is 5.75 Å². The Morgan fingerprint density at radius 1 is 1.00 bits per heavy atom. The number of allylic oxidation sites excluding steroid dienone is 2. The quantitative estimate of drug-likeness (QED) is 0.499. The second-order valence-corrected chi connectivity index (χ2v) is 7.97. The van der Waals surface area contributed by atoms with Crippen LogP contribution in [0.25, 0.3) is 0 Å². The highest BCUT2D eigenvalue weighted by Crippen LogP contribution is 2.48. The van der Waals surface area contributed by atoms with Crippen molar-refractivity contribution in [1.82, 2.24) is 0 Å². The van der Waals surface area contributed by atoms with Gasteiger partial charge in [0.15, 0.2) is 0 Å². The van der Waals surface area contributed by atoms with Gasteiger partial charge in [0.1, 0.15) is 5.75 Å². The van der Waals surface area contributed by atoms with E-state index in [4.69, 9.17) is 0 Å². The normalized spacial score (nSPS) is 29.5. The first-order chi connectivity index (χ1) is 12.4. The molecule has 0 bridgehead atoms. The minimum absolute atomic E-state index is 0.128. The van der Waals surface area contributed by atoms with Gasteiger partial charge in [0.25, 0.3) is 0 Å². The van der Waals surface area contributed by atoms with E-state index < -0.39 is 6.36 Å². The minimum atomic E-state index is -4.62. The molecule has 2 saturated carbocycles. The Balaban J connectivity index is 1.53. The zero-order valence-electron chi connectivity index (χ0n) is 15.5. The monoisotopic (exact) mass is 366 g/mol. The van der Waals surface area contributed by atoms with E-state index in [1.807, 2.05) is 12.1 Å². The zero-order valence-corrected chi connectivity index (χ0v) is 15.5. The third-order valence-electron chi connectivity index (χ3n) is 6.28. The number of alkyl halides is 3. The second-order valence-electron chi connectivity index (χ2n) is 7.97. The first-order valence-corrected chi connectivity index (χ1v) is 9.91. The van der Waals surface area contributed by atoms with Gasteiger partial charge in [0.2, 0.25) is 0 Å². The Morgan fingerprint density at radius 3 is 2.38 bits per heavy atom. The van der Waals surface area contributed by atoms with E-state index in [1.165, 1.54) is 57.1 Å². The number of hydrogen-bond acceptors (Lipinski definition) is 1. The molecule has 1 nitrogen and oxygen atoms in total. The largest absolute Gasteiger partial charge is 0.573 e. The summed E-state index contributed by atoms with van der Waals surface area (Å²) in [5.74, 6) is 2.87. The summed E-state index contributed by atoms with van der Waals surface area (Å²) in [6.45, 7) is 2.08. The van der Waals surface area contributed by atoms with E-state index in [1.54, 1.807) is 0 Å². The average Bonchev–Trinajstić information content (AvgIpc) is 2.61. The fourth-order valence-electron chi connectivity index (χ4n) is 4.99. The van der Waals surface area contributed by atoms with Gasteiger partial charge in [0, 0.05) is 0 Å². The van der Waals surface area contributed by atoms with Crippen LogP contribution in [0.15, 0.2) is 36.4 Å². The summed E-state index contributed by atoms with van der Waals surface area (Å²) in [4.78, 5) is 0. The maximum Gasteiger partial charge on any atom is 0.573 e. The Kier molecular flexibility index (Phi) is 6.31. The van der Waals surface area contributed by atoms with Gasteiger partial charge in [-0.05, 0) is 93.2 Å². The molecule has 1 aromatic carbocycles. The summed E-state index contributed by atoms with van der Waals surface area (Å²) in [6.07, 6.45) is 9.94. The molecular weight excluding hydrogens is 337 g/mol. The van der Waals surface area contributed by atoms with E-state index in [0.717, 1.165) is 29.7 Å². The second kappa shape index (κ2) is 8.49. The number of rotatable bonds is 5. The zero-order chi connectivity index (χ0) is 18.6. The van der Waals surface area contributed by atoms with Crippen LogP contribution in [0.3, 0.4) is 0 Å². The number of halogens is 3. The predicted molar refractivity (Wildman–Crippen MR) is 98.1 cm³/mol. The molecule has 2 aliphatic carbocycles. The van der Waals surface area contributed by atoms with Crippen molar-refractivity contribution in [2.24, 2.45) is 17.8 Å². The van der Waals surface area contributed by atoms with Crippen LogP contribution in [-0.4, -0.2) is 6.36 Å². The summed E-state index contributed by atoms with van der Waals surface area (Å²) < 4.78 is 40.8. The smallest absolute Gasteiger partial charge is 0.406 e. The molecule has 0 saturated heterocycles. The maximum absolute atomic E-state index is 12.3. The maximum atomic E-state index is 12.3. The molecule has 0 radical (unpaired) electrons. The molecule has 0 aliphatic heterocycles. The van der Waals surface area contributed by atoms with Crippen LogP contribution in [0.1, 0.15) is 69.8 Å². The summed E-state index contributed by atoms with van der Waals surface area (Å²) in [5, 5.41) is 0. The van der Waals surface area contributed by atoms with Gasteiger partial charge < -0.3 is 4.74 Å². The van der Waals surface area contributed by atoms with Crippen molar-refractivity contribution in [2.75, 3.05) is 0 Å². The van der Waals surface area contributed by atoms with Gasteiger partial charge in [-0.25, -0.2) is 0 Å². The Bertz CT molecular complexity index is 590. The third-order valence-corrected chi connectivity index (χ3v) is 6.28. The molecule has 144 valence electrons. The van der Waals surface area contributed by atoms with Crippen molar-refractivity contribution in [3.8, 4) is 5.75 Å². The van der Waals surface area contributed by atoms with E-state index >= 15 is 0 Å². The Hall–Kier alpha value is -1.45. The van der Waals surface area contributed by atoms with E-state index in [0.29, 0.717) is 5.92 Å². The molecule has 26 heavy (non-hydrogen) atoms. The highest BCUT2D eigenvalue weighted by atomic mass is 19.4. The fraction of sp³-hybridized carbons (Fsp3) is 0.636. The van der Waals surface area contributed by atoms with Crippen LogP contribution in [-0.2, 0) is 0 Å². The van der Waals surface area contributed by atoms with Crippen molar-refractivity contribution >= 4 is 0 Å². The summed E-state index contributed by atoms with van der Waals surface area (Å²) in [7, 11) is 0. The molecule has 0 aromatic heterocycles. The van der Waals surface area contributed by atoms with Crippen LogP contribution >= 0.6 is 0 Å². The van der Waals surface area contributed by atoms with Crippen molar-refractivity contribution in [3.63, 3.8) is 0 Å². The highest BCUT2D eigenvalue weighted by Gasteiger charge is 2.36. The van der Waals surface area contributed by atoms with Crippen molar-refractivity contribution in [3.05, 3.63) is 42.0 Å². The lowest BCUT2D eigenvalue weighted by Crippen LogP contribution is -2.30. The van der Waals surface area contributed by atoms with E-state index in [9.17, 15) is 13.2 Å². The van der Waals surface area contributed by atoms with Gasteiger partial charge in [0.05, 0.1) is 0 Å². The molecule has 4 heteroatoms. The van der Waals surface area contributed by atoms with Crippen molar-refractivity contribution in [1.29, 1.82) is 0 Å². The van der Waals surface area contributed by atoms with Crippen LogP contribution in [0.5, 0.6) is 5.75 Å². The van der Waals surface area contributed by atoms with Crippen molar-refractivity contribution in [2.45, 2.75) is 70.6 Å².